The van der Waals surface area contributed by atoms with Crippen LogP contribution in [0.4, 0.5) is 5.82 Å². The number of hydrogen-bond acceptors (Lipinski definition) is 6. The van der Waals surface area contributed by atoms with Gasteiger partial charge in [0.2, 0.25) is 5.88 Å². The minimum atomic E-state index is 0.465. The third-order valence-electron chi connectivity index (χ3n) is 3.90. The van der Waals surface area contributed by atoms with Crippen LogP contribution in [0.3, 0.4) is 0 Å². The molecule has 0 bridgehead atoms. The molecule has 112 valence electrons. The summed E-state index contributed by atoms with van der Waals surface area (Å²) in [6.07, 6.45) is 11.5. The highest BCUT2D eigenvalue weighted by atomic mass is 16.5. The molecule has 1 unspecified atom stereocenters. The van der Waals surface area contributed by atoms with Gasteiger partial charge in [-0.3, -0.25) is 4.98 Å². The first-order valence-electron chi connectivity index (χ1n) is 7.32. The van der Waals surface area contributed by atoms with Crippen molar-refractivity contribution in [3.63, 3.8) is 0 Å². The van der Waals surface area contributed by atoms with Crippen molar-refractivity contribution in [3.05, 3.63) is 43.2 Å². The van der Waals surface area contributed by atoms with E-state index in [2.05, 4.69) is 25.0 Å². The summed E-state index contributed by atoms with van der Waals surface area (Å²) >= 11 is 0. The predicted molar refractivity (Wildman–Crippen MR) is 80.8 cm³/mol. The molecule has 0 amide bonds. The second kappa shape index (κ2) is 5.59. The third-order valence-corrected chi connectivity index (χ3v) is 3.90. The molecule has 0 aliphatic carbocycles. The molecule has 0 N–H and O–H groups in total. The number of rotatable bonds is 4. The van der Waals surface area contributed by atoms with E-state index >= 15 is 0 Å². The van der Waals surface area contributed by atoms with Gasteiger partial charge in [-0.2, -0.15) is 5.10 Å². The largest absolute Gasteiger partial charge is 0.476 e. The predicted octanol–water partition coefficient (Wildman–Crippen LogP) is 1.42. The summed E-state index contributed by atoms with van der Waals surface area (Å²) in [5.74, 6) is 2.03. The Morgan fingerprint density at radius 3 is 3.09 bits per heavy atom. The van der Waals surface area contributed by atoms with Crippen molar-refractivity contribution in [3.8, 4) is 5.88 Å². The van der Waals surface area contributed by atoms with E-state index in [0.717, 1.165) is 30.8 Å². The van der Waals surface area contributed by atoms with E-state index < -0.39 is 0 Å². The SMILES string of the molecule is c1cnc(OCC2CCN(c3nccn4nccc34)C2)cn1. The quantitative estimate of drug-likeness (QED) is 0.725. The molecule has 1 saturated heterocycles. The van der Waals surface area contributed by atoms with Crippen molar-refractivity contribution in [2.75, 3.05) is 24.6 Å². The summed E-state index contributed by atoms with van der Waals surface area (Å²) in [4.78, 5) is 14.9. The Hall–Kier alpha value is -2.70. The van der Waals surface area contributed by atoms with E-state index in [-0.39, 0.29) is 0 Å². The van der Waals surface area contributed by atoms with E-state index in [1.807, 2.05) is 16.8 Å². The maximum absolute atomic E-state index is 5.71. The summed E-state index contributed by atoms with van der Waals surface area (Å²) in [5.41, 5.74) is 1.04. The lowest BCUT2D eigenvalue weighted by molar-refractivity contribution is 0.251. The van der Waals surface area contributed by atoms with Gasteiger partial charge in [0.15, 0.2) is 5.82 Å². The fraction of sp³-hybridized carbons (Fsp3) is 0.333. The molecule has 3 aromatic heterocycles. The maximum Gasteiger partial charge on any atom is 0.232 e. The van der Waals surface area contributed by atoms with Gasteiger partial charge in [0, 0.05) is 43.8 Å². The molecule has 1 fully saturated rings. The van der Waals surface area contributed by atoms with Gasteiger partial charge in [0.25, 0.3) is 0 Å². The second-order valence-corrected chi connectivity index (χ2v) is 5.37. The van der Waals surface area contributed by atoms with E-state index in [0.29, 0.717) is 18.4 Å². The van der Waals surface area contributed by atoms with Crippen LogP contribution in [0.1, 0.15) is 6.42 Å². The minimum absolute atomic E-state index is 0.465. The standard InChI is InChI=1S/C15H16N6O/c1-3-19-21-8-6-18-15(13(1)21)20-7-2-12(10-20)11-22-14-9-16-4-5-17-14/h1,3-6,8-9,12H,2,7,10-11H2. The van der Waals surface area contributed by atoms with Gasteiger partial charge >= 0.3 is 0 Å². The van der Waals surface area contributed by atoms with Crippen LogP contribution in [0.15, 0.2) is 43.2 Å². The number of aromatic nitrogens is 5. The highest BCUT2D eigenvalue weighted by Crippen LogP contribution is 2.25. The topological polar surface area (TPSA) is 68.4 Å². The average molecular weight is 296 g/mol. The van der Waals surface area contributed by atoms with Gasteiger partial charge in [-0.05, 0) is 12.5 Å². The Kier molecular flexibility index (Phi) is 3.30. The summed E-state index contributed by atoms with van der Waals surface area (Å²) in [6.45, 7) is 2.56. The number of hydrogen-bond donors (Lipinski definition) is 0. The van der Waals surface area contributed by atoms with Crippen molar-refractivity contribution in [2.45, 2.75) is 6.42 Å². The van der Waals surface area contributed by atoms with E-state index in [4.69, 9.17) is 4.74 Å². The molecule has 0 spiro atoms. The zero-order chi connectivity index (χ0) is 14.8. The Balaban J connectivity index is 1.43. The summed E-state index contributed by atoms with van der Waals surface area (Å²) < 4.78 is 7.56. The van der Waals surface area contributed by atoms with Gasteiger partial charge in [-0.15, -0.1) is 0 Å². The van der Waals surface area contributed by atoms with Crippen LogP contribution < -0.4 is 9.64 Å². The maximum atomic E-state index is 5.71. The Morgan fingerprint density at radius 1 is 1.18 bits per heavy atom. The van der Waals surface area contributed by atoms with Gasteiger partial charge < -0.3 is 9.64 Å². The van der Waals surface area contributed by atoms with Crippen LogP contribution in [0, 0.1) is 5.92 Å². The first-order valence-corrected chi connectivity index (χ1v) is 7.32. The molecular weight excluding hydrogens is 280 g/mol. The Labute approximate surface area is 127 Å². The summed E-state index contributed by atoms with van der Waals surface area (Å²) in [7, 11) is 0. The highest BCUT2D eigenvalue weighted by Gasteiger charge is 2.25. The molecule has 1 aliphatic rings. The molecule has 1 aliphatic heterocycles. The second-order valence-electron chi connectivity index (χ2n) is 5.37. The Morgan fingerprint density at radius 2 is 2.18 bits per heavy atom. The minimum Gasteiger partial charge on any atom is -0.476 e. The van der Waals surface area contributed by atoms with Crippen LogP contribution in [0.5, 0.6) is 5.88 Å². The number of anilines is 1. The number of fused-ring (bicyclic) bond motifs is 1. The smallest absolute Gasteiger partial charge is 0.232 e. The van der Waals surface area contributed by atoms with Crippen LogP contribution in [0.2, 0.25) is 0 Å². The third kappa shape index (κ3) is 2.45. The molecular formula is C15H16N6O. The highest BCUT2D eigenvalue weighted by molar-refractivity contribution is 5.68. The van der Waals surface area contributed by atoms with Gasteiger partial charge in [-0.1, -0.05) is 0 Å². The normalized spacial score (nSPS) is 18.0. The molecule has 4 heterocycles. The van der Waals surface area contributed by atoms with Crippen LogP contribution in [0.25, 0.3) is 5.52 Å². The molecule has 3 aromatic rings. The lowest BCUT2D eigenvalue weighted by Crippen LogP contribution is -2.23. The van der Waals surface area contributed by atoms with Crippen molar-refractivity contribution >= 4 is 11.3 Å². The van der Waals surface area contributed by atoms with E-state index in [1.165, 1.54) is 0 Å². The molecule has 7 nitrogen and oxygen atoms in total. The zero-order valence-electron chi connectivity index (χ0n) is 12.0. The molecule has 0 saturated carbocycles. The van der Waals surface area contributed by atoms with Crippen molar-refractivity contribution in [2.24, 2.45) is 5.92 Å². The van der Waals surface area contributed by atoms with Gasteiger partial charge in [0.05, 0.1) is 19.0 Å². The van der Waals surface area contributed by atoms with Crippen LogP contribution in [-0.4, -0.2) is 44.3 Å². The number of ether oxygens (including phenoxy) is 1. The Bertz CT molecular complexity index is 759. The fourth-order valence-electron chi connectivity index (χ4n) is 2.81. The van der Waals surface area contributed by atoms with E-state index in [1.54, 1.807) is 31.0 Å². The van der Waals surface area contributed by atoms with Gasteiger partial charge in [0.1, 0.15) is 5.52 Å². The lowest BCUT2D eigenvalue weighted by atomic mass is 10.1. The first-order chi connectivity index (χ1) is 10.9. The summed E-state index contributed by atoms with van der Waals surface area (Å²) in [6, 6.07) is 1.99. The monoisotopic (exact) mass is 296 g/mol. The average Bonchev–Trinajstić information content (AvgIpc) is 3.22. The fourth-order valence-corrected chi connectivity index (χ4v) is 2.81. The number of nitrogens with zero attached hydrogens (tertiary/aromatic N) is 6. The van der Waals surface area contributed by atoms with Crippen molar-refractivity contribution in [1.82, 2.24) is 24.6 Å². The molecule has 4 rings (SSSR count). The molecule has 7 heteroatoms. The lowest BCUT2D eigenvalue weighted by Gasteiger charge is -2.18. The molecule has 1 atom stereocenters. The van der Waals surface area contributed by atoms with Gasteiger partial charge in [-0.25, -0.2) is 14.5 Å². The molecule has 0 aromatic carbocycles. The van der Waals surface area contributed by atoms with Crippen LogP contribution >= 0.6 is 0 Å². The first kappa shape index (κ1) is 13.0. The van der Waals surface area contributed by atoms with E-state index in [9.17, 15) is 0 Å². The molecule has 22 heavy (non-hydrogen) atoms. The summed E-state index contributed by atoms with van der Waals surface area (Å²) in [5, 5.41) is 4.26. The zero-order valence-corrected chi connectivity index (χ0v) is 12.0. The van der Waals surface area contributed by atoms with Crippen LogP contribution in [-0.2, 0) is 0 Å². The van der Waals surface area contributed by atoms with Crippen molar-refractivity contribution < 1.29 is 4.74 Å². The van der Waals surface area contributed by atoms with Crippen molar-refractivity contribution in [1.29, 1.82) is 0 Å². The molecule has 0 radical (unpaired) electrons.